The molecule has 2 unspecified atom stereocenters. The molecule has 3 heterocycles. The highest BCUT2D eigenvalue weighted by molar-refractivity contribution is 14.0. The minimum atomic E-state index is 0. The first kappa shape index (κ1) is 23.4. The number of hydrogen-bond donors (Lipinski definition) is 2. The summed E-state index contributed by atoms with van der Waals surface area (Å²) in [5, 5.41) is 7.02. The molecule has 0 saturated carbocycles. The number of likely N-dealkylation sites (N-methyl/N-ethyl adjacent to an activating group) is 1. The van der Waals surface area contributed by atoms with E-state index in [4.69, 9.17) is 9.15 Å². The van der Waals surface area contributed by atoms with Crippen LogP contribution in [0.25, 0.3) is 0 Å². The number of guanidine groups is 1. The number of nitrogens with zero attached hydrogens (tertiary/aromatic N) is 3. The predicted molar refractivity (Wildman–Crippen MR) is 124 cm³/mol. The van der Waals surface area contributed by atoms with Crippen molar-refractivity contribution in [2.24, 2.45) is 4.99 Å². The Bertz CT molecular complexity index is 603. The Kier molecular flexibility index (Phi) is 10.0. The average Bonchev–Trinajstić information content (AvgIpc) is 3.34. The van der Waals surface area contributed by atoms with Crippen molar-refractivity contribution < 1.29 is 9.15 Å². The Balaban J connectivity index is 0.00000280. The molecule has 0 radical (unpaired) electrons. The Hall–Kier alpha value is -0.840. The van der Waals surface area contributed by atoms with Gasteiger partial charge in [-0.15, -0.1) is 24.0 Å². The highest BCUT2D eigenvalue weighted by Gasteiger charge is 2.26. The molecule has 2 atom stereocenters. The normalized spacial score (nSPS) is 22.7. The van der Waals surface area contributed by atoms with Gasteiger partial charge in [0.05, 0.1) is 19.3 Å². The zero-order chi connectivity index (χ0) is 19.1. The Morgan fingerprint density at radius 3 is 2.68 bits per heavy atom. The Labute approximate surface area is 186 Å². The molecule has 0 bridgehead atoms. The van der Waals surface area contributed by atoms with Gasteiger partial charge in [-0.25, -0.2) is 0 Å². The van der Waals surface area contributed by atoms with Crippen LogP contribution in [0, 0.1) is 6.92 Å². The molecule has 160 valence electrons. The van der Waals surface area contributed by atoms with E-state index in [0.717, 1.165) is 63.4 Å². The number of aliphatic imine (C=N–C) groups is 1. The standard InChI is InChI=1S/C20H35N5O2.HI/c1-4-24-9-5-6-17(24)14-22-20(21-3)23-15-18(19-8-7-16(2)27-19)25-10-12-26-13-11-25;/h7-8,17-18H,4-6,9-15H2,1-3H3,(H2,21,22,23);1H. The van der Waals surface area contributed by atoms with Crippen LogP contribution in [-0.2, 0) is 4.74 Å². The highest BCUT2D eigenvalue weighted by Crippen LogP contribution is 2.23. The topological polar surface area (TPSA) is 65.3 Å². The minimum absolute atomic E-state index is 0. The van der Waals surface area contributed by atoms with Crippen LogP contribution in [0.4, 0.5) is 0 Å². The van der Waals surface area contributed by atoms with Crippen LogP contribution in [0.3, 0.4) is 0 Å². The average molecular weight is 505 g/mol. The van der Waals surface area contributed by atoms with Crippen LogP contribution in [0.1, 0.15) is 37.3 Å². The zero-order valence-corrected chi connectivity index (χ0v) is 19.8. The third-order valence-electron chi connectivity index (χ3n) is 5.67. The van der Waals surface area contributed by atoms with E-state index in [1.807, 2.05) is 20.0 Å². The maximum absolute atomic E-state index is 5.95. The monoisotopic (exact) mass is 505 g/mol. The van der Waals surface area contributed by atoms with Gasteiger partial charge in [-0.1, -0.05) is 6.92 Å². The number of furan rings is 1. The summed E-state index contributed by atoms with van der Waals surface area (Å²) in [7, 11) is 1.84. The molecule has 1 aromatic rings. The van der Waals surface area contributed by atoms with Crippen molar-refractivity contribution in [2.75, 3.05) is 59.5 Å². The molecule has 1 aromatic heterocycles. The summed E-state index contributed by atoms with van der Waals surface area (Å²) in [6.07, 6.45) is 2.56. The van der Waals surface area contributed by atoms with Gasteiger partial charge in [0, 0.05) is 39.3 Å². The fourth-order valence-electron chi connectivity index (χ4n) is 4.10. The molecule has 2 aliphatic heterocycles. The number of likely N-dealkylation sites (tertiary alicyclic amines) is 1. The fraction of sp³-hybridized carbons (Fsp3) is 0.750. The summed E-state index contributed by atoms with van der Waals surface area (Å²) in [5.74, 6) is 2.82. The molecule has 0 spiro atoms. The van der Waals surface area contributed by atoms with Crippen molar-refractivity contribution >= 4 is 29.9 Å². The minimum Gasteiger partial charge on any atom is -0.465 e. The molecule has 0 amide bonds. The van der Waals surface area contributed by atoms with E-state index < -0.39 is 0 Å². The van der Waals surface area contributed by atoms with E-state index in [1.165, 1.54) is 19.4 Å². The number of nitrogens with one attached hydrogen (secondary N) is 2. The molecule has 2 fully saturated rings. The van der Waals surface area contributed by atoms with Gasteiger partial charge in [-0.05, 0) is 45.0 Å². The molecule has 8 heteroatoms. The van der Waals surface area contributed by atoms with Crippen molar-refractivity contribution in [1.82, 2.24) is 20.4 Å². The van der Waals surface area contributed by atoms with Crippen LogP contribution in [0.5, 0.6) is 0 Å². The smallest absolute Gasteiger partial charge is 0.191 e. The van der Waals surface area contributed by atoms with E-state index in [-0.39, 0.29) is 30.0 Å². The third-order valence-corrected chi connectivity index (χ3v) is 5.67. The number of hydrogen-bond acceptors (Lipinski definition) is 5. The summed E-state index contributed by atoms with van der Waals surface area (Å²) in [6, 6.07) is 4.91. The molecule has 0 aromatic carbocycles. The molecular weight excluding hydrogens is 469 g/mol. The molecule has 0 aliphatic carbocycles. The summed E-state index contributed by atoms with van der Waals surface area (Å²) >= 11 is 0. The quantitative estimate of drug-likeness (QED) is 0.337. The molecule has 2 aliphatic rings. The van der Waals surface area contributed by atoms with Crippen LogP contribution >= 0.6 is 24.0 Å². The summed E-state index contributed by atoms with van der Waals surface area (Å²) < 4.78 is 11.5. The van der Waals surface area contributed by atoms with Gasteiger partial charge >= 0.3 is 0 Å². The van der Waals surface area contributed by atoms with E-state index in [1.54, 1.807) is 0 Å². The lowest BCUT2D eigenvalue weighted by atomic mass is 10.1. The van der Waals surface area contributed by atoms with Crippen LogP contribution in [0.2, 0.25) is 0 Å². The number of rotatable bonds is 7. The SMILES string of the molecule is CCN1CCCC1CNC(=NC)NCC(c1ccc(C)o1)N1CCOCC1.I. The van der Waals surface area contributed by atoms with E-state index in [9.17, 15) is 0 Å². The molecule has 2 saturated heterocycles. The second-order valence-corrected chi connectivity index (χ2v) is 7.37. The van der Waals surface area contributed by atoms with Crippen LogP contribution in [-0.4, -0.2) is 81.3 Å². The molecule has 2 N–H and O–H groups in total. The Morgan fingerprint density at radius 2 is 2.04 bits per heavy atom. The Morgan fingerprint density at radius 1 is 1.25 bits per heavy atom. The van der Waals surface area contributed by atoms with Gasteiger partial charge in [-0.2, -0.15) is 0 Å². The van der Waals surface area contributed by atoms with Gasteiger partial charge < -0.3 is 19.8 Å². The van der Waals surface area contributed by atoms with E-state index in [2.05, 4.69) is 38.4 Å². The summed E-state index contributed by atoms with van der Waals surface area (Å²) in [6.45, 7) is 11.7. The lowest BCUT2D eigenvalue weighted by Gasteiger charge is -2.33. The predicted octanol–water partition coefficient (Wildman–Crippen LogP) is 2.23. The first-order valence-electron chi connectivity index (χ1n) is 10.3. The van der Waals surface area contributed by atoms with Gasteiger partial charge in [-0.3, -0.25) is 14.8 Å². The lowest BCUT2D eigenvalue weighted by Crippen LogP contribution is -2.48. The van der Waals surface area contributed by atoms with Crippen LogP contribution in [0.15, 0.2) is 21.5 Å². The second kappa shape index (κ2) is 12.0. The van der Waals surface area contributed by atoms with Gasteiger partial charge in [0.2, 0.25) is 0 Å². The van der Waals surface area contributed by atoms with Crippen molar-refractivity contribution in [3.63, 3.8) is 0 Å². The fourth-order valence-corrected chi connectivity index (χ4v) is 4.10. The maximum Gasteiger partial charge on any atom is 0.191 e. The molecular formula is C20H36IN5O2. The van der Waals surface area contributed by atoms with Gasteiger partial charge in [0.1, 0.15) is 11.5 Å². The zero-order valence-electron chi connectivity index (χ0n) is 17.4. The van der Waals surface area contributed by atoms with Crippen molar-refractivity contribution in [2.45, 2.75) is 38.8 Å². The highest BCUT2D eigenvalue weighted by atomic mass is 127. The van der Waals surface area contributed by atoms with Crippen molar-refractivity contribution in [3.8, 4) is 0 Å². The summed E-state index contributed by atoms with van der Waals surface area (Å²) in [4.78, 5) is 9.39. The second-order valence-electron chi connectivity index (χ2n) is 7.37. The molecule has 28 heavy (non-hydrogen) atoms. The third kappa shape index (κ3) is 6.33. The van der Waals surface area contributed by atoms with E-state index in [0.29, 0.717) is 6.04 Å². The number of ether oxygens (including phenoxy) is 1. The first-order valence-corrected chi connectivity index (χ1v) is 10.3. The van der Waals surface area contributed by atoms with Gasteiger partial charge in [0.15, 0.2) is 5.96 Å². The van der Waals surface area contributed by atoms with Crippen molar-refractivity contribution in [3.05, 3.63) is 23.7 Å². The van der Waals surface area contributed by atoms with Gasteiger partial charge in [0.25, 0.3) is 0 Å². The number of morpholine rings is 1. The summed E-state index contributed by atoms with van der Waals surface area (Å²) in [5.41, 5.74) is 0. The first-order chi connectivity index (χ1) is 13.2. The molecule has 3 rings (SSSR count). The van der Waals surface area contributed by atoms with E-state index >= 15 is 0 Å². The number of aryl methyl sites for hydroxylation is 1. The number of halogens is 1. The molecule has 7 nitrogen and oxygen atoms in total. The largest absolute Gasteiger partial charge is 0.465 e. The van der Waals surface area contributed by atoms with Crippen LogP contribution < -0.4 is 10.6 Å². The maximum atomic E-state index is 5.95. The lowest BCUT2D eigenvalue weighted by molar-refractivity contribution is 0.0124. The van der Waals surface area contributed by atoms with Crippen molar-refractivity contribution in [1.29, 1.82) is 0 Å².